The molecule has 5 nitrogen and oxygen atoms in total. The maximum atomic E-state index is 13.2. The smallest absolute Gasteiger partial charge is 0.349 e. The van der Waals surface area contributed by atoms with Gasteiger partial charge < -0.3 is 19.1 Å². The monoisotopic (exact) mass is 458 g/mol. The van der Waals surface area contributed by atoms with Crippen LogP contribution in [0, 0.1) is 0 Å². The van der Waals surface area contributed by atoms with E-state index in [-0.39, 0.29) is 6.10 Å². The van der Waals surface area contributed by atoms with Gasteiger partial charge in [-0.25, -0.2) is 4.79 Å². The third kappa shape index (κ3) is 5.01. The normalized spacial score (nSPS) is 21.2. The number of likely N-dealkylation sites (N-methyl/N-ethyl adjacent to an activating group) is 1. The molecule has 1 saturated heterocycles. The lowest BCUT2D eigenvalue weighted by atomic mass is 10.00. The summed E-state index contributed by atoms with van der Waals surface area (Å²) in [4.78, 5) is 14.3. The zero-order chi connectivity index (χ0) is 21.7. The van der Waals surface area contributed by atoms with Crippen LogP contribution in [0.4, 0.5) is 0 Å². The standard InChI is InChI=1S/C24H28NO4S2/c1-25(13-7-15-28-19-8-3-2-4-9-19)14-12-20(18-25)29-23(26)24(27,21-10-5-16-30-21)22-11-6-17-31-22/h2-6,8-11,16-17,20,27H,7,12-15,18H2,1H3/q+1/t20-,25?/m1/s1. The van der Waals surface area contributed by atoms with Crippen molar-refractivity contribution >= 4 is 28.6 Å². The fraction of sp³-hybridized carbons (Fsp3) is 0.375. The number of para-hydroxylation sites is 1. The van der Waals surface area contributed by atoms with Gasteiger partial charge in [-0.3, -0.25) is 0 Å². The molecule has 0 saturated carbocycles. The highest BCUT2D eigenvalue weighted by Crippen LogP contribution is 2.37. The Morgan fingerprint density at radius 1 is 1.10 bits per heavy atom. The molecule has 1 N–H and O–H groups in total. The average molecular weight is 459 g/mol. The van der Waals surface area contributed by atoms with Crippen LogP contribution in [-0.4, -0.2) is 55.0 Å². The molecular formula is C24H28NO4S2+. The summed E-state index contributed by atoms with van der Waals surface area (Å²) in [5, 5.41) is 15.1. The molecule has 1 aliphatic heterocycles. The Kier molecular flexibility index (Phi) is 6.77. The molecule has 1 unspecified atom stereocenters. The third-order valence-corrected chi connectivity index (χ3v) is 7.77. The molecule has 164 valence electrons. The van der Waals surface area contributed by atoms with Crippen LogP contribution in [-0.2, 0) is 15.1 Å². The summed E-state index contributed by atoms with van der Waals surface area (Å²) < 4.78 is 12.5. The van der Waals surface area contributed by atoms with E-state index in [2.05, 4.69) is 7.05 Å². The van der Waals surface area contributed by atoms with Crippen LogP contribution in [0.25, 0.3) is 0 Å². The van der Waals surface area contributed by atoms with Gasteiger partial charge in [-0.1, -0.05) is 30.3 Å². The molecule has 1 aliphatic rings. The number of nitrogens with zero attached hydrogens (tertiary/aromatic N) is 1. The highest BCUT2D eigenvalue weighted by Gasteiger charge is 2.46. The topological polar surface area (TPSA) is 55.8 Å². The number of hydrogen-bond donors (Lipinski definition) is 1. The Bertz CT molecular complexity index is 925. The van der Waals surface area contributed by atoms with E-state index in [1.165, 1.54) is 22.7 Å². The molecule has 1 fully saturated rings. The van der Waals surface area contributed by atoms with Gasteiger partial charge in [0.2, 0.25) is 5.60 Å². The largest absolute Gasteiger partial charge is 0.493 e. The van der Waals surface area contributed by atoms with E-state index in [9.17, 15) is 9.90 Å². The molecule has 3 aromatic rings. The average Bonchev–Trinajstić information content (AvgIpc) is 3.54. The number of hydrogen-bond acceptors (Lipinski definition) is 6. The van der Waals surface area contributed by atoms with Crippen LogP contribution in [0.15, 0.2) is 65.4 Å². The van der Waals surface area contributed by atoms with Crippen molar-refractivity contribution < 1.29 is 23.9 Å². The van der Waals surface area contributed by atoms with Gasteiger partial charge in [-0.2, -0.15) is 0 Å². The zero-order valence-electron chi connectivity index (χ0n) is 17.6. The van der Waals surface area contributed by atoms with Gasteiger partial charge in [0.1, 0.15) is 12.3 Å². The van der Waals surface area contributed by atoms with Gasteiger partial charge in [0.25, 0.3) is 0 Å². The van der Waals surface area contributed by atoms with Crippen molar-refractivity contribution in [3.05, 3.63) is 75.1 Å². The predicted molar refractivity (Wildman–Crippen MR) is 123 cm³/mol. The van der Waals surface area contributed by atoms with Crippen molar-refractivity contribution in [2.24, 2.45) is 0 Å². The second-order valence-electron chi connectivity index (χ2n) is 8.25. The number of carbonyl (C=O) groups excluding carboxylic acids is 1. The molecular weight excluding hydrogens is 430 g/mol. The second kappa shape index (κ2) is 9.53. The Morgan fingerprint density at radius 2 is 1.77 bits per heavy atom. The number of esters is 1. The lowest BCUT2D eigenvalue weighted by molar-refractivity contribution is -0.899. The highest BCUT2D eigenvalue weighted by molar-refractivity contribution is 7.12. The van der Waals surface area contributed by atoms with E-state index >= 15 is 0 Å². The summed E-state index contributed by atoms with van der Waals surface area (Å²) in [5.74, 6) is 0.308. The van der Waals surface area contributed by atoms with E-state index in [4.69, 9.17) is 9.47 Å². The Balaban J connectivity index is 1.33. The Hall–Kier alpha value is -2.19. The van der Waals surface area contributed by atoms with Crippen molar-refractivity contribution in [3.8, 4) is 5.75 Å². The summed E-state index contributed by atoms with van der Waals surface area (Å²) in [6, 6.07) is 17.1. The third-order valence-electron chi connectivity index (χ3n) is 5.81. The highest BCUT2D eigenvalue weighted by atomic mass is 32.1. The van der Waals surface area contributed by atoms with Gasteiger partial charge in [-0.05, 0) is 35.0 Å². The van der Waals surface area contributed by atoms with Crippen molar-refractivity contribution in [3.63, 3.8) is 0 Å². The van der Waals surface area contributed by atoms with Gasteiger partial charge in [0.15, 0.2) is 6.10 Å². The van der Waals surface area contributed by atoms with E-state index in [1.807, 2.05) is 53.2 Å². The fourth-order valence-corrected chi connectivity index (χ4v) is 5.82. The van der Waals surface area contributed by atoms with Crippen molar-refractivity contribution in [1.29, 1.82) is 0 Å². The van der Waals surface area contributed by atoms with Gasteiger partial charge in [-0.15, -0.1) is 22.7 Å². The molecule has 4 rings (SSSR count). The fourth-order valence-electron chi connectivity index (χ4n) is 4.11. The van der Waals surface area contributed by atoms with E-state index < -0.39 is 11.6 Å². The molecule has 3 heterocycles. The number of rotatable bonds is 9. The minimum atomic E-state index is -1.74. The minimum absolute atomic E-state index is 0.195. The molecule has 0 aliphatic carbocycles. The van der Waals surface area contributed by atoms with Crippen LogP contribution in [0.1, 0.15) is 22.6 Å². The molecule has 31 heavy (non-hydrogen) atoms. The molecule has 0 amide bonds. The van der Waals surface area contributed by atoms with Crippen LogP contribution in [0.3, 0.4) is 0 Å². The molecule has 0 bridgehead atoms. The minimum Gasteiger partial charge on any atom is -0.493 e. The molecule has 0 radical (unpaired) electrons. The summed E-state index contributed by atoms with van der Waals surface area (Å²) in [7, 11) is 2.20. The number of ether oxygens (including phenoxy) is 2. The first kappa shape index (κ1) is 22.0. The number of quaternary nitrogens is 1. The zero-order valence-corrected chi connectivity index (χ0v) is 19.2. The van der Waals surface area contributed by atoms with E-state index in [0.29, 0.717) is 16.4 Å². The molecule has 1 aromatic carbocycles. The summed E-state index contributed by atoms with van der Waals surface area (Å²) in [6.45, 7) is 3.32. The number of aliphatic hydroxyl groups is 1. The number of thiophene rings is 2. The number of likely N-dealkylation sites (tertiary alicyclic amines) is 1. The number of benzene rings is 1. The summed E-state index contributed by atoms with van der Waals surface area (Å²) in [5.41, 5.74) is -1.74. The molecule has 0 spiro atoms. The van der Waals surface area contributed by atoms with Crippen LogP contribution < -0.4 is 4.74 Å². The molecule has 2 atom stereocenters. The number of carbonyl (C=O) groups is 1. The summed E-state index contributed by atoms with van der Waals surface area (Å²) >= 11 is 2.73. The first-order chi connectivity index (χ1) is 15.0. The molecule has 7 heteroatoms. The van der Waals surface area contributed by atoms with Crippen LogP contribution in [0.2, 0.25) is 0 Å². The lowest BCUT2D eigenvalue weighted by Gasteiger charge is -2.30. The van der Waals surface area contributed by atoms with Crippen molar-refractivity contribution in [1.82, 2.24) is 0 Å². The van der Waals surface area contributed by atoms with Crippen molar-refractivity contribution in [2.45, 2.75) is 24.5 Å². The Morgan fingerprint density at radius 3 is 2.39 bits per heavy atom. The quantitative estimate of drug-likeness (QED) is 0.295. The maximum Gasteiger partial charge on any atom is 0.349 e. The first-order valence-corrected chi connectivity index (χ1v) is 12.3. The molecule has 2 aromatic heterocycles. The van der Waals surface area contributed by atoms with E-state index in [0.717, 1.165) is 42.7 Å². The first-order valence-electron chi connectivity index (χ1n) is 10.5. The van der Waals surface area contributed by atoms with Crippen LogP contribution in [0.5, 0.6) is 5.75 Å². The predicted octanol–water partition coefficient (Wildman–Crippen LogP) is 4.28. The van der Waals surface area contributed by atoms with Crippen LogP contribution >= 0.6 is 22.7 Å². The van der Waals surface area contributed by atoms with Crippen molar-refractivity contribution in [2.75, 3.05) is 33.3 Å². The lowest BCUT2D eigenvalue weighted by Crippen LogP contribution is -2.45. The summed E-state index contributed by atoms with van der Waals surface area (Å²) in [6.07, 6.45) is 1.53. The SMILES string of the molecule is C[N+]1(CCCOc2ccccc2)CC[C@@H](OC(=O)C(O)(c2cccs2)c2cccs2)C1. The van der Waals surface area contributed by atoms with Gasteiger partial charge in [0.05, 0.1) is 36.5 Å². The second-order valence-corrected chi connectivity index (χ2v) is 10.1. The maximum absolute atomic E-state index is 13.2. The van der Waals surface area contributed by atoms with E-state index in [1.54, 1.807) is 12.1 Å². The van der Waals surface area contributed by atoms with Gasteiger partial charge in [0, 0.05) is 12.8 Å². The van der Waals surface area contributed by atoms with Gasteiger partial charge >= 0.3 is 5.97 Å². The Labute approximate surface area is 191 Å².